The minimum absolute atomic E-state index is 0.0387. The van der Waals surface area contributed by atoms with Gasteiger partial charge in [-0.3, -0.25) is 4.79 Å². The van der Waals surface area contributed by atoms with Crippen LogP contribution in [-0.2, 0) is 9.53 Å². The van der Waals surface area contributed by atoms with Crippen molar-refractivity contribution in [3.63, 3.8) is 0 Å². The van der Waals surface area contributed by atoms with Gasteiger partial charge in [0.25, 0.3) is 0 Å². The number of ether oxygens (including phenoxy) is 1. The highest BCUT2D eigenvalue weighted by atomic mass is 16.5. The second-order valence-corrected chi connectivity index (χ2v) is 5.31. The molecular weight excluding hydrogens is 276 g/mol. The summed E-state index contributed by atoms with van der Waals surface area (Å²) < 4.78 is 5.48. The van der Waals surface area contributed by atoms with Crippen LogP contribution in [0.25, 0.3) is 0 Å². The van der Waals surface area contributed by atoms with E-state index in [4.69, 9.17) is 4.74 Å². The number of carbonyl (C=O) groups excluding carboxylic acids is 2. The number of Topliss-reactive ketones (excluding diaryl/α,β-unsaturated/α-hetero) is 2. The first-order chi connectivity index (χ1) is 10.6. The average molecular weight is 296 g/mol. The van der Waals surface area contributed by atoms with Crippen molar-refractivity contribution in [3.8, 4) is 0 Å². The maximum Gasteiger partial charge on any atom is 0.192 e. The predicted octanol–water partition coefficient (Wildman–Crippen LogP) is 3.65. The Morgan fingerprint density at radius 2 is 1.50 bits per heavy atom. The number of methoxy groups -OCH3 is 1. The number of hydrogen-bond donors (Lipinski definition) is 0. The molecule has 0 saturated carbocycles. The van der Waals surface area contributed by atoms with E-state index < -0.39 is 6.10 Å². The molecule has 0 aliphatic heterocycles. The number of carbonyl (C=O) groups is 2. The Hall–Kier alpha value is -2.26. The van der Waals surface area contributed by atoms with Gasteiger partial charge in [0, 0.05) is 25.0 Å². The molecule has 0 amide bonds. The first kappa shape index (κ1) is 16.1. The van der Waals surface area contributed by atoms with Crippen LogP contribution >= 0.6 is 0 Å². The summed E-state index contributed by atoms with van der Waals surface area (Å²) in [6.07, 6.45) is -0.394. The molecule has 3 nitrogen and oxygen atoms in total. The quantitative estimate of drug-likeness (QED) is 0.733. The molecule has 0 aliphatic carbocycles. The van der Waals surface area contributed by atoms with E-state index in [0.29, 0.717) is 5.56 Å². The zero-order chi connectivity index (χ0) is 15.9. The molecule has 2 aromatic carbocycles. The lowest BCUT2D eigenvalue weighted by Gasteiger charge is -2.25. The molecule has 0 spiro atoms. The van der Waals surface area contributed by atoms with E-state index in [1.165, 1.54) is 14.0 Å². The Balaban J connectivity index is 2.35. The third-order valence-corrected chi connectivity index (χ3v) is 3.67. The lowest BCUT2D eigenvalue weighted by molar-refractivity contribution is -0.117. The van der Waals surface area contributed by atoms with Crippen LogP contribution in [0.4, 0.5) is 0 Å². The van der Waals surface area contributed by atoms with Crippen LogP contribution < -0.4 is 0 Å². The molecule has 22 heavy (non-hydrogen) atoms. The molecular formula is C19H20O3. The van der Waals surface area contributed by atoms with E-state index in [1.54, 1.807) is 12.1 Å². The molecule has 2 rings (SSSR count). The maximum atomic E-state index is 12.7. The van der Waals surface area contributed by atoms with Gasteiger partial charge in [0.2, 0.25) is 0 Å². The maximum absolute atomic E-state index is 12.7. The molecule has 0 saturated heterocycles. The van der Waals surface area contributed by atoms with Crippen LogP contribution in [0.2, 0.25) is 0 Å². The highest BCUT2D eigenvalue weighted by molar-refractivity contribution is 6.00. The molecule has 114 valence electrons. The van der Waals surface area contributed by atoms with E-state index in [0.717, 1.165) is 5.56 Å². The molecule has 2 aromatic rings. The third kappa shape index (κ3) is 3.89. The van der Waals surface area contributed by atoms with Crippen molar-refractivity contribution in [2.75, 3.05) is 7.11 Å². The summed E-state index contributed by atoms with van der Waals surface area (Å²) in [7, 11) is 1.52. The van der Waals surface area contributed by atoms with Gasteiger partial charge in [-0.15, -0.1) is 0 Å². The van der Waals surface area contributed by atoms with Gasteiger partial charge in [0.05, 0.1) is 0 Å². The van der Waals surface area contributed by atoms with Crippen LogP contribution in [-0.4, -0.2) is 24.8 Å². The van der Waals surface area contributed by atoms with Gasteiger partial charge in [-0.1, -0.05) is 60.7 Å². The first-order valence-electron chi connectivity index (χ1n) is 7.30. The molecule has 0 bridgehead atoms. The van der Waals surface area contributed by atoms with Gasteiger partial charge in [0.1, 0.15) is 11.9 Å². The highest BCUT2D eigenvalue weighted by Gasteiger charge is 2.31. The smallest absolute Gasteiger partial charge is 0.192 e. The fraction of sp³-hybridized carbons (Fsp3) is 0.263. The lowest BCUT2D eigenvalue weighted by Crippen LogP contribution is -2.31. The van der Waals surface area contributed by atoms with Gasteiger partial charge in [0.15, 0.2) is 5.78 Å². The summed E-state index contributed by atoms with van der Waals surface area (Å²) in [4.78, 5) is 24.4. The van der Waals surface area contributed by atoms with Crippen LogP contribution in [0.3, 0.4) is 0 Å². The normalized spacial score (nSPS) is 13.4. The van der Waals surface area contributed by atoms with Gasteiger partial charge in [-0.05, 0) is 12.5 Å². The molecule has 0 aliphatic rings. The van der Waals surface area contributed by atoms with Gasteiger partial charge < -0.3 is 9.53 Å². The van der Waals surface area contributed by atoms with Crippen LogP contribution in [0.1, 0.15) is 35.2 Å². The standard InChI is InChI=1S/C19H20O3/c1-14(20)13-17(15-9-5-3-6-10-15)19(22-2)18(21)16-11-7-4-8-12-16/h3-12,17,19H,13H2,1-2H3/t17-,19-/m0/s1. The summed E-state index contributed by atoms with van der Waals surface area (Å²) in [6, 6.07) is 18.6. The monoisotopic (exact) mass is 296 g/mol. The second-order valence-electron chi connectivity index (χ2n) is 5.31. The van der Waals surface area contributed by atoms with Crippen LogP contribution in [0.15, 0.2) is 60.7 Å². The summed E-state index contributed by atoms with van der Waals surface area (Å²) in [5.74, 6) is -0.341. The fourth-order valence-corrected chi connectivity index (χ4v) is 2.63. The number of benzene rings is 2. The van der Waals surface area contributed by atoms with Crippen molar-refractivity contribution in [1.29, 1.82) is 0 Å². The summed E-state index contributed by atoms with van der Waals surface area (Å²) in [5, 5.41) is 0. The summed E-state index contributed by atoms with van der Waals surface area (Å²) in [6.45, 7) is 1.54. The minimum Gasteiger partial charge on any atom is -0.373 e. The molecule has 2 atom stereocenters. The molecule has 0 aromatic heterocycles. The first-order valence-corrected chi connectivity index (χ1v) is 7.30. The Morgan fingerprint density at radius 1 is 0.955 bits per heavy atom. The van der Waals surface area contributed by atoms with Crippen molar-refractivity contribution >= 4 is 11.6 Å². The lowest BCUT2D eigenvalue weighted by atomic mass is 9.85. The fourth-order valence-electron chi connectivity index (χ4n) is 2.63. The highest BCUT2D eigenvalue weighted by Crippen LogP contribution is 2.28. The van der Waals surface area contributed by atoms with E-state index >= 15 is 0 Å². The zero-order valence-corrected chi connectivity index (χ0v) is 12.9. The molecule has 0 heterocycles. The molecule has 0 radical (unpaired) electrons. The van der Waals surface area contributed by atoms with Gasteiger partial charge in [-0.25, -0.2) is 0 Å². The predicted molar refractivity (Wildman–Crippen MR) is 86.1 cm³/mol. The van der Waals surface area contributed by atoms with Crippen molar-refractivity contribution in [3.05, 3.63) is 71.8 Å². The van der Waals surface area contributed by atoms with Crippen molar-refractivity contribution < 1.29 is 14.3 Å². The summed E-state index contributed by atoms with van der Waals surface area (Å²) >= 11 is 0. The van der Waals surface area contributed by atoms with E-state index in [1.807, 2.05) is 48.5 Å². The molecule has 0 unspecified atom stereocenters. The van der Waals surface area contributed by atoms with Crippen LogP contribution in [0, 0.1) is 0 Å². The zero-order valence-electron chi connectivity index (χ0n) is 12.9. The van der Waals surface area contributed by atoms with Gasteiger partial charge in [-0.2, -0.15) is 0 Å². The SMILES string of the molecule is CO[C@H](C(=O)c1ccccc1)[C@@H](CC(C)=O)c1ccccc1. The van der Waals surface area contributed by atoms with Crippen molar-refractivity contribution in [2.24, 2.45) is 0 Å². The Bertz CT molecular complexity index is 620. The van der Waals surface area contributed by atoms with E-state index in [-0.39, 0.29) is 23.9 Å². The Kier molecular flexibility index (Phi) is 5.61. The van der Waals surface area contributed by atoms with Crippen molar-refractivity contribution in [1.82, 2.24) is 0 Å². The molecule has 0 N–H and O–H groups in total. The Labute approximate surface area is 130 Å². The van der Waals surface area contributed by atoms with Crippen LogP contribution in [0.5, 0.6) is 0 Å². The van der Waals surface area contributed by atoms with Gasteiger partial charge >= 0.3 is 0 Å². The molecule has 3 heteroatoms. The number of hydrogen-bond acceptors (Lipinski definition) is 3. The van der Waals surface area contributed by atoms with E-state index in [9.17, 15) is 9.59 Å². The third-order valence-electron chi connectivity index (χ3n) is 3.67. The number of rotatable bonds is 7. The Morgan fingerprint density at radius 3 is 2.00 bits per heavy atom. The minimum atomic E-state index is -0.673. The summed E-state index contributed by atoms with van der Waals surface area (Å²) in [5.41, 5.74) is 1.53. The van der Waals surface area contributed by atoms with Crippen molar-refractivity contribution in [2.45, 2.75) is 25.4 Å². The topological polar surface area (TPSA) is 43.4 Å². The second kappa shape index (κ2) is 7.66. The molecule has 0 fully saturated rings. The van der Waals surface area contributed by atoms with E-state index in [2.05, 4.69) is 0 Å². The number of ketones is 2. The largest absolute Gasteiger partial charge is 0.373 e. The average Bonchev–Trinajstić information content (AvgIpc) is 2.55.